The van der Waals surface area contributed by atoms with Gasteiger partial charge < -0.3 is 14.5 Å². The van der Waals surface area contributed by atoms with E-state index in [4.69, 9.17) is 4.42 Å². The van der Waals surface area contributed by atoms with Crippen LogP contribution in [0, 0.1) is 0 Å². The summed E-state index contributed by atoms with van der Waals surface area (Å²) < 4.78 is 5.40. The first-order chi connectivity index (χ1) is 6.88. The lowest BCUT2D eigenvalue weighted by Gasteiger charge is -2.05. The van der Waals surface area contributed by atoms with Crippen LogP contribution in [0.1, 0.15) is 24.5 Å². The summed E-state index contributed by atoms with van der Waals surface area (Å²) in [5.41, 5.74) is 0. The number of hydrogen-bond acceptors (Lipinski definition) is 4. The molecule has 1 aromatic rings. The van der Waals surface area contributed by atoms with E-state index in [0.29, 0.717) is 18.2 Å². The zero-order chi connectivity index (χ0) is 9.80. The molecule has 0 amide bonds. The Labute approximate surface area is 82.7 Å². The summed E-state index contributed by atoms with van der Waals surface area (Å²) in [7, 11) is 0. The van der Waals surface area contributed by atoms with Gasteiger partial charge in [-0.15, -0.1) is 0 Å². The Hall–Kier alpha value is -1.16. The Bertz CT molecular complexity index is 303. The van der Waals surface area contributed by atoms with Crippen molar-refractivity contribution in [1.29, 1.82) is 0 Å². The third-order valence-electron chi connectivity index (χ3n) is 2.47. The number of carbonyl (C=O) groups is 1. The van der Waals surface area contributed by atoms with Gasteiger partial charge in [-0.3, -0.25) is 0 Å². The molecule has 2 rings (SSSR count). The molecular formula is C10H14N2O2. The summed E-state index contributed by atoms with van der Waals surface area (Å²) in [6.45, 7) is 1.09. The molecule has 0 aliphatic carbocycles. The summed E-state index contributed by atoms with van der Waals surface area (Å²) in [4.78, 5) is 14.4. The molecule has 0 spiro atoms. The molecule has 1 aromatic heterocycles. The van der Waals surface area contributed by atoms with Crippen molar-refractivity contribution in [1.82, 2.24) is 10.3 Å². The summed E-state index contributed by atoms with van der Waals surface area (Å²) in [5, 5.41) is 3.38. The molecule has 2 heterocycles. The number of hydrogen-bond donors (Lipinski definition) is 1. The van der Waals surface area contributed by atoms with Crippen LogP contribution in [-0.2, 0) is 17.6 Å². The summed E-state index contributed by atoms with van der Waals surface area (Å²) in [6, 6.07) is 0.498. The van der Waals surface area contributed by atoms with E-state index >= 15 is 0 Å². The first kappa shape index (κ1) is 9.40. The van der Waals surface area contributed by atoms with Crippen molar-refractivity contribution in [2.45, 2.75) is 31.7 Å². The molecule has 1 fully saturated rings. The fourth-order valence-electron chi connectivity index (χ4n) is 1.76. The number of nitrogens with one attached hydrogen (secondary N) is 1. The number of carbonyl (C=O) groups excluding carboxylic acids is 1. The lowest BCUT2D eigenvalue weighted by Crippen LogP contribution is -2.23. The molecule has 0 aromatic carbocycles. The highest BCUT2D eigenvalue weighted by Crippen LogP contribution is 2.12. The molecule has 1 aliphatic heterocycles. The van der Waals surface area contributed by atoms with Crippen LogP contribution in [0.15, 0.2) is 10.6 Å². The van der Waals surface area contributed by atoms with Gasteiger partial charge >= 0.3 is 0 Å². The zero-order valence-corrected chi connectivity index (χ0v) is 8.03. The number of aldehydes is 1. The predicted octanol–water partition coefficient (Wildman–Crippen LogP) is 0.710. The SMILES string of the molecule is O=CCc1cnc(CC2CCCN2)o1. The molecule has 0 radical (unpaired) electrons. The largest absolute Gasteiger partial charge is 0.445 e. The Kier molecular flexibility index (Phi) is 2.93. The van der Waals surface area contributed by atoms with Crippen LogP contribution in [-0.4, -0.2) is 23.9 Å². The predicted molar refractivity (Wildman–Crippen MR) is 51.0 cm³/mol. The van der Waals surface area contributed by atoms with E-state index in [-0.39, 0.29) is 0 Å². The van der Waals surface area contributed by atoms with Crippen LogP contribution in [0.5, 0.6) is 0 Å². The second-order valence-corrected chi connectivity index (χ2v) is 3.59. The molecule has 1 saturated heterocycles. The van der Waals surface area contributed by atoms with Gasteiger partial charge in [0.2, 0.25) is 0 Å². The minimum absolute atomic E-state index is 0.324. The zero-order valence-electron chi connectivity index (χ0n) is 8.03. The van der Waals surface area contributed by atoms with Crippen LogP contribution in [0.4, 0.5) is 0 Å². The van der Waals surface area contributed by atoms with E-state index in [1.54, 1.807) is 6.20 Å². The van der Waals surface area contributed by atoms with Gasteiger partial charge in [0.05, 0.1) is 12.6 Å². The normalized spacial score (nSPS) is 21.3. The third-order valence-corrected chi connectivity index (χ3v) is 2.47. The minimum Gasteiger partial charge on any atom is -0.445 e. The quantitative estimate of drug-likeness (QED) is 0.717. The Morgan fingerprint density at radius 1 is 1.71 bits per heavy atom. The van der Waals surface area contributed by atoms with Gasteiger partial charge in [0.15, 0.2) is 5.89 Å². The van der Waals surface area contributed by atoms with Crippen molar-refractivity contribution in [3.05, 3.63) is 17.8 Å². The lowest BCUT2D eigenvalue weighted by molar-refractivity contribution is -0.107. The third kappa shape index (κ3) is 2.20. The van der Waals surface area contributed by atoms with E-state index in [1.165, 1.54) is 12.8 Å². The fourth-order valence-corrected chi connectivity index (χ4v) is 1.76. The Morgan fingerprint density at radius 3 is 3.36 bits per heavy atom. The molecule has 0 saturated carbocycles. The Morgan fingerprint density at radius 2 is 2.64 bits per heavy atom. The van der Waals surface area contributed by atoms with Gasteiger partial charge in [-0.2, -0.15) is 0 Å². The molecule has 14 heavy (non-hydrogen) atoms. The Balaban J connectivity index is 1.91. The smallest absolute Gasteiger partial charge is 0.195 e. The molecule has 4 nitrogen and oxygen atoms in total. The van der Waals surface area contributed by atoms with E-state index in [1.807, 2.05) is 0 Å². The highest BCUT2D eigenvalue weighted by molar-refractivity contribution is 5.52. The summed E-state index contributed by atoms with van der Waals surface area (Å²) in [6.07, 6.45) is 6.04. The van der Waals surface area contributed by atoms with E-state index in [9.17, 15) is 4.79 Å². The summed E-state index contributed by atoms with van der Waals surface area (Å²) in [5.74, 6) is 1.40. The monoisotopic (exact) mass is 194 g/mol. The van der Waals surface area contributed by atoms with Crippen LogP contribution in [0.25, 0.3) is 0 Å². The average Bonchev–Trinajstić information content (AvgIpc) is 2.79. The van der Waals surface area contributed by atoms with Crippen LogP contribution < -0.4 is 5.32 Å². The molecule has 1 N–H and O–H groups in total. The van der Waals surface area contributed by atoms with Gasteiger partial charge in [-0.1, -0.05) is 0 Å². The molecule has 4 heteroatoms. The maximum Gasteiger partial charge on any atom is 0.195 e. The van der Waals surface area contributed by atoms with Crippen LogP contribution in [0.2, 0.25) is 0 Å². The maximum atomic E-state index is 10.2. The number of aromatic nitrogens is 1. The van der Waals surface area contributed by atoms with Gasteiger partial charge in [0.1, 0.15) is 12.0 Å². The van der Waals surface area contributed by atoms with Crippen molar-refractivity contribution in [3.63, 3.8) is 0 Å². The first-order valence-corrected chi connectivity index (χ1v) is 4.99. The second-order valence-electron chi connectivity index (χ2n) is 3.59. The first-order valence-electron chi connectivity index (χ1n) is 4.99. The number of oxazole rings is 1. The molecule has 1 unspecified atom stereocenters. The highest BCUT2D eigenvalue weighted by Gasteiger charge is 2.16. The van der Waals surface area contributed by atoms with Crippen LogP contribution >= 0.6 is 0 Å². The van der Waals surface area contributed by atoms with Crippen molar-refractivity contribution in [2.24, 2.45) is 0 Å². The van der Waals surface area contributed by atoms with Crippen molar-refractivity contribution in [2.75, 3.05) is 6.54 Å². The maximum absolute atomic E-state index is 10.2. The minimum atomic E-state index is 0.324. The molecule has 1 atom stereocenters. The molecule has 1 aliphatic rings. The highest BCUT2D eigenvalue weighted by atomic mass is 16.4. The van der Waals surface area contributed by atoms with Crippen LogP contribution in [0.3, 0.4) is 0 Å². The number of rotatable bonds is 4. The average molecular weight is 194 g/mol. The standard InChI is InChI=1S/C10H14N2O2/c13-5-3-9-7-12-10(14-9)6-8-2-1-4-11-8/h5,7-8,11H,1-4,6H2. The number of nitrogens with zero attached hydrogens (tertiary/aromatic N) is 1. The van der Waals surface area contributed by atoms with Gasteiger partial charge in [0.25, 0.3) is 0 Å². The molecular weight excluding hydrogens is 180 g/mol. The van der Waals surface area contributed by atoms with Crippen molar-refractivity contribution in [3.8, 4) is 0 Å². The van der Waals surface area contributed by atoms with Gasteiger partial charge in [-0.05, 0) is 19.4 Å². The van der Waals surface area contributed by atoms with Gasteiger partial charge in [0, 0.05) is 12.5 Å². The lowest BCUT2D eigenvalue weighted by atomic mass is 10.2. The van der Waals surface area contributed by atoms with Crippen molar-refractivity contribution >= 4 is 6.29 Å². The van der Waals surface area contributed by atoms with Gasteiger partial charge in [-0.25, -0.2) is 4.98 Å². The molecule has 76 valence electrons. The second kappa shape index (κ2) is 4.37. The van der Waals surface area contributed by atoms with E-state index in [2.05, 4.69) is 10.3 Å². The van der Waals surface area contributed by atoms with E-state index in [0.717, 1.165) is 25.1 Å². The summed E-state index contributed by atoms with van der Waals surface area (Å²) >= 11 is 0. The molecule has 0 bridgehead atoms. The fraction of sp³-hybridized carbons (Fsp3) is 0.600. The topological polar surface area (TPSA) is 55.1 Å². The van der Waals surface area contributed by atoms with E-state index < -0.39 is 0 Å². The van der Waals surface area contributed by atoms with Crippen molar-refractivity contribution < 1.29 is 9.21 Å².